The van der Waals surface area contributed by atoms with E-state index in [9.17, 15) is 0 Å². The first-order chi connectivity index (χ1) is 14.3. The van der Waals surface area contributed by atoms with Crippen LogP contribution in [0.5, 0.6) is 5.75 Å². The Morgan fingerprint density at radius 2 is 1.87 bits per heavy atom. The first kappa shape index (κ1) is 23.7. The molecule has 2 atom stereocenters. The van der Waals surface area contributed by atoms with E-state index in [0.29, 0.717) is 12.5 Å². The second kappa shape index (κ2) is 11.6. The van der Waals surface area contributed by atoms with Crippen molar-refractivity contribution in [3.63, 3.8) is 0 Å². The number of nitrogens with zero attached hydrogens (tertiary/aromatic N) is 4. The summed E-state index contributed by atoms with van der Waals surface area (Å²) in [6.07, 6.45) is 3.96. The standard InChI is InChI=1S/C23H38N6O/c1-8-24-23(25-14-22(28(5)6)20-13-26-29(7)15-20)27-18(4)19-9-11-21(12-10-19)30-16-17(2)3/h9-13,15,17-18,22H,8,14,16H2,1-7H3,(H2,24,25,27). The molecule has 0 aliphatic carbocycles. The van der Waals surface area contributed by atoms with E-state index in [0.717, 1.165) is 30.4 Å². The van der Waals surface area contributed by atoms with Gasteiger partial charge in [-0.05, 0) is 51.6 Å². The maximum atomic E-state index is 5.78. The Morgan fingerprint density at radius 3 is 2.40 bits per heavy atom. The zero-order valence-electron chi connectivity index (χ0n) is 19.5. The van der Waals surface area contributed by atoms with Crippen molar-refractivity contribution in [3.05, 3.63) is 47.8 Å². The minimum absolute atomic E-state index is 0.123. The van der Waals surface area contributed by atoms with Crippen molar-refractivity contribution in [2.24, 2.45) is 18.0 Å². The predicted molar refractivity (Wildman–Crippen MR) is 124 cm³/mol. The first-order valence-corrected chi connectivity index (χ1v) is 10.7. The van der Waals surface area contributed by atoms with Crippen LogP contribution in [0.25, 0.3) is 0 Å². The van der Waals surface area contributed by atoms with Crippen molar-refractivity contribution in [2.45, 2.75) is 39.8 Å². The van der Waals surface area contributed by atoms with Crippen LogP contribution in [-0.4, -0.2) is 54.4 Å². The average molecular weight is 415 g/mol. The van der Waals surface area contributed by atoms with Gasteiger partial charge in [-0.25, -0.2) is 0 Å². The molecular formula is C23H38N6O. The summed E-state index contributed by atoms with van der Waals surface area (Å²) in [4.78, 5) is 7.01. The molecule has 0 aliphatic rings. The number of hydrogen-bond donors (Lipinski definition) is 2. The number of likely N-dealkylation sites (N-methyl/N-ethyl adjacent to an activating group) is 1. The van der Waals surface area contributed by atoms with Gasteiger partial charge in [0.1, 0.15) is 5.75 Å². The van der Waals surface area contributed by atoms with E-state index < -0.39 is 0 Å². The van der Waals surface area contributed by atoms with Crippen LogP contribution < -0.4 is 15.4 Å². The van der Waals surface area contributed by atoms with Crippen LogP contribution >= 0.6 is 0 Å². The largest absolute Gasteiger partial charge is 0.493 e. The van der Waals surface area contributed by atoms with Gasteiger partial charge in [0.05, 0.1) is 31.4 Å². The molecule has 1 aromatic carbocycles. The smallest absolute Gasteiger partial charge is 0.191 e. The number of guanidine groups is 1. The molecule has 2 rings (SSSR count). The van der Waals surface area contributed by atoms with Crippen LogP contribution in [0.4, 0.5) is 0 Å². The Bertz CT molecular complexity index is 781. The highest BCUT2D eigenvalue weighted by Crippen LogP contribution is 2.19. The topological polar surface area (TPSA) is 66.7 Å². The lowest BCUT2D eigenvalue weighted by atomic mass is 10.1. The van der Waals surface area contributed by atoms with Gasteiger partial charge in [-0.1, -0.05) is 26.0 Å². The second-order valence-electron chi connectivity index (χ2n) is 8.29. The Balaban J connectivity index is 2.04. The third-order valence-electron chi connectivity index (χ3n) is 4.82. The summed E-state index contributed by atoms with van der Waals surface area (Å²) >= 11 is 0. The van der Waals surface area contributed by atoms with Gasteiger partial charge in [-0.2, -0.15) is 5.10 Å². The minimum Gasteiger partial charge on any atom is -0.493 e. The Morgan fingerprint density at radius 1 is 1.17 bits per heavy atom. The van der Waals surface area contributed by atoms with Crippen molar-refractivity contribution < 1.29 is 4.74 Å². The van der Waals surface area contributed by atoms with E-state index in [1.165, 1.54) is 5.56 Å². The fraction of sp³-hybridized carbons (Fsp3) is 0.565. The molecule has 166 valence electrons. The van der Waals surface area contributed by atoms with Crippen molar-refractivity contribution in [1.82, 2.24) is 25.3 Å². The third-order valence-corrected chi connectivity index (χ3v) is 4.82. The molecule has 0 aliphatic heterocycles. The SMILES string of the molecule is CCNC(=NCC(c1cnn(C)c1)N(C)C)NC(C)c1ccc(OCC(C)C)cc1. The summed E-state index contributed by atoms with van der Waals surface area (Å²) in [5, 5.41) is 11.2. The number of benzene rings is 1. The Labute approximate surface area is 181 Å². The summed E-state index contributed by atoms with van der Waals surface area (Å²) in [5.74, 6) is 2.23. The van der Waals surface area contributed by atoms with Crippen molar-refractivity contribution in [2.75, 3.05) is 33.8 Å². The van der Waals surface area contributed by atoms with Gasteiger partial charge in [0.15, 0.2) is 5.96 Å². The van der Waals surface area contributed by atoms with E-state index in [-0.39, 0.29) is 12.1 Å². The number of aromatic nitrogens is 2. The molecule has 7 heteroatoms. The number of rotatable bonds is 10. The van der Waals surface area contributed by atoms with Gasteiger partial charge in [0.2, 0.25) is 0 Å². The molecule has 0 amide bonds. The van der Waals surface area contributed by atoms with Gasteiger partial charge in [-0.15, -0.1) is 0 Å². The highest BCUT2D eigenvalue weighted by atomic mass is 16.5. The van der Waals surface area contributed by atoms with Crippen molar-refractivity contribution in [1.29, 1.82) is 0 Å². The number of aryl methyl sites for hydroxylation is 1. The van der Waals surface area contributed by atoms with Crippen LogP contribution in [0.3, 0.4) is 0 Å². The van der Waals surface area contributed by atoms with E-state index >= 15 is 0 Å². The van der Waals surface area contributed by atoms with Gasteiger partial charge in [0, 0.05) is 25.4 Å². The molecule has 0 bridgehead atoms. The van der Waals surface area contributed by atoms with Gasteiger partial charge in [-0.3, -0.25) is 9.67 Å². The van der Waals surface area contributed by atoms with E-state index in [4.69, 9.17) is 9.73 Å². The molecule has 7 nitrogen and oxygen atoms in total. The average Bonchev–Trinajstić information content (AvgIpc) is 3.12. The molecule has 0 fully saturated rings. The summed E-state index contributed by atoms with van der Waals surface area (Å²) in [6, 6.07) is 8.57. The molecule has 30 heavy (non-hydrogen) atoms. The number of hydrogen-bond acceptors (Lipinski definition) is 4. The number of ether oxygens (including phenoxy) is 1. The summed E-state index contributed by atoms with van der Waals surface area (Å²) in [5.41, 5.74) is 2.35. The lowest BCUT2D eigenvalue weighted by molar-refractivity contribution is 0.271. The highest BCUT2D eigenvalue weighted by molar-refractivity contribution is 5.80. The molecule has 0 saturated heterocycles. The van der Waals surface area contributed by atoms with Crippen LogP contribution in [0.15, 0.2) is 41.7 Å². The van der Waals surface area contributed by atoms with Crippen LogP contribution in [0.2, 0.25) is 0 Å². The zero-order chi connectivity index (χ0) is 22.1. The second-order valence-corrected chi connectivity index (χ2v) is 8.29. The maximum absolute atomic E-state index is 5.78. The molecule has 0 saturated carbocycles. The molecule has 2 N–H and O–H groups in total. The van der Waals surface area contributed by atoms with Gasteiger partial charge < -0.3 is 20.3 Å². The van der Waals surface area contributed by atoms with E-state index in [1.54, 1.807) is 0 Å². The lowest BCUT2D eigenvalue weighted by Crippen LogP contribution is -2.39. The highest BCUT2D eigenvalue weighted by Gasteiger charge is 2.16. The summed E-state index contributed by atoms with van der Waals surface area (Å²) < 4.78 is 7.61. The van der Waals surface area contributed by atoms with E-state index in [2.05, 4.69) is 74.6 Å². The van der Waals surface area contributed by atoms with Gasteiger partial charge >= 0.3 is 0 Å². The molecule has 0 radical (unpaired) electrons. The number of aliphatic imine (C=N–C) groups is 1. The summed E-state index contributed by atoms with van der Waals surface area (Å²) in [6.45, 7) is 10.7. The van der Waals surface area contributed by atoms with Crippen molar-refractivity contribution >= 4 is 5.96 Å². The molecule has 1 heterocycles. The quantitative estimate of drug-likeness (QED) is 0.461. The Hall–Kier alpha value is -2.54. The molecular weight excluding hydrogens is 376 g/mol. The monoisotopic (exact) mass is 414 g/mol. The maximum Gasteiger partial charge on any atom is 0.191 e. The van der Waals surface area contributed by atoms with Crippen LogP contribution in [0.1, 0.15) is 50.9 Å². The van der Waals surface area contributed by atoms with Crippen molar-refractivity contribution in [3.8, 4) is 5.75 Å². The Kier molecular flexibility index (Phi) is 9.17. The van der Waals surface area contributed by atoms with E-state index in [1.807, 2.05) is 36.3 Å². The van der Waals surface area contributed by atoms with Crippen LogP contribution in [0, 0.1) is 5.92 Å². The molecule has 2 unspecified atom stereocenters. The summed E-state index contributed by atoms with van der Waals surface area (Å²) in [7, 11) is 6.07. The van der Waals surface area contributed by atoms with Gasteiger partial charge in [0.25, 0.3) is 0 Å². The fourth-order valence-corrected chi connectivity index (χ4v) is 3.08. The molecule has 1 aromatic heterocycles. The normalized spacial score (nSPS) is 14.1. The third kappa shape index (κ3) is 7.37. The lowest BCUT2D eigenvalue weighted by Gasteiger charge is -2.23. The predicted octanol–water partition coefficient (Wildman–Crippen LogP) is 3.37. The first-order valence-electron chi connectivity index (χ1n) is 10.7. The number of nitrogens with one attached hydrogen (secondary N) is 2. The molecule has 2 aromatic rings. The molecule has 0 spiro atoms. The fourth-order valence-electron chi connectivity index (χ4n) is 3.08. The van der Waals surface area contributed by atoms with Crippen LogP contribution in [-0.2, 0) is 7.05 Å². The zero-order valence-corrected chi connectivity index (χ0v) is 19.5. The minimum atomic E-state index is 0.123.